The van der Waals surface area contributed by atoms with Crippen LogP contribution in [0.2, 0.25) is 0 Å². The first-order valence-corrected chi connectivity index (χ1v) is 6.16. The zero-order valence-electron chi connectivity index (χ0n) is 11.9. The zero-order valence-corrected chi connectivity index (χ0v) is 11.9. The van der Waals surface area contributed by atoms with Crippen LogP contribution in [-0.4, -0.2) is 68.3 Å². The van der Waals surface area contributed by atoms with E-state index in [1.165, 1.54) is 14.0 Å². The fourth-order valence-corrected chi connectivity index (χ4v) is 1.14. The zero-order chi connectivity index (χ0) is 16.3. The van der Waals surface area contributed by atoms with E-state index in [2.05, 4.69) is 21.3 Å². The highest BCUT2D eigenvalue weighted by atomic mass is 16.5. The Balaban J connectivity index is 3.89. The fourth-order valence-electron chi connectivity index (χ4n) is 1.14. The average Bonchev–Trinajstić information content (AvgIpc) is 2.42. The maximum atomic E-state index is 11.5. The van der Waals surface area contributed by atoms with Crippen LogP contribution in [0, 0.1) is 0 Å². The maximum Gasteiger partial charge on any atom is 0.322 e. The molecule has 0 fully saturated rings. The molecule has 0 aliphatic heterocycles. The monoisotopic (exact) mass is 304 g/mol. The van der Waals surface area contributed by atoms with Crippen molar-refractivity contribution in [3.8, 4) is 0 Å². The molecular weight excluding hydrogens is 284 g/mol. The fraction of sp³-hybridized carbons (Fsp3) is 0.636. The van der Waals surface area contributed by atoms with Gasteiger partial charge in [0.25, 0.3) is 0 Å². The van der Waals surface area contributed by atoms with Crippen molar-refractivity contribution in [1.29, 1.82) is 0 Å². The van der Waals surface area contributed by atoms with Gasteiger partial charge in [-0.2, -0.15) is 0 Å². The molecule has 0 saturated carbocycles. The van der Waals surface area contributed by atoms with Gasteiger partial charge in [0.1, 0.15) is 12.6 Å². The van der Waals surface area contributed by atoms with Crippen molar-refractivity contribution in [3.63, 3.8) is 0 Å². The van der Waals surface area contributed by atoms with E-state index in [0.717, 1.165) is 0 Å². The average molecular weight is 304 g/mol. The molecule has 1 atom stereocenters. The molecule has 5 N–H and O–H groups in total. The molecule has 0 saturated heterocycles. The van der Waals surface area contributed by atoms with Gasteiger partial charge in [0.2, 0.25) is 11.8 Å². The van der Waals surface area contributed by atoms with Gasteiger partial charge in [-0.15, -0.1) is 0 Å². The van der Waals surface area contributed by atoms with Crippen LogP contribution in [0.1, 0.15) is 6.92 Å². The number of methoxy groups -OCH3 is 1. The van der Waals surface area contributed by atoms with Gasteiger partial charge in [-0.05, 0) is 6.92 Å². The Bertz CT molecular complexity index is 387. The normalized spacial score (nSPS) is 11.1. The van der Waals surface area contributed by atoms with Crippen LogP contribution in [0.15, 0.2) is 0 Å². The SMILES string of the molecule is COCCNC(=O)C(C)NC(=O)NCC(=O)NCC(=O)O. The molecule has 0 bridgehead atoms. The molecule has 0 aromatic carbocycles. The van der Waals surface area contributed by atoms with Crippen molar-refractivity contribution in [1.82, 2.24) is 21.3 Å². The van der Waals surface area contributed by atoms with Gasteiger partial charge in [0.05, 0.1) is 13.2 Å². The van der Waals surface area contributed by atoms with Crippen molar-refractivity contribution in [2.75, 3.05) is 33.4 Å². The predicted molar refractivity (Wildman–Crippen MR) is 71.5 cm³/mol. The number of ether oxygens (including phenoxy) is 1. The van der Waals surface area contributed by atoms with Crippen molar-refractivity contribution in [3.05, 3.63) is 0 Å². The summed E-state index contributed by atoms with van der Waals surface area (Å²) >= 11 is 0. The highest BCUT2D eigenvalue weighted by Crippen LogP contribution is 1.82. The highest BCUT2D eigenvalue weighted by Gasteiger charge is 2.15. The van der Waals surface area contributed by atoms with Gasteiger partial charge in [-0.25, -0.2) is 4.79 Å². The molecule has 120 valence electrons. The van der Waals surface area contributed by atoms with E-state index < -0.39 is 42.9 Å². The van der Waals surface area contributed by atoms with E-state index in [0.29, 0.717) is 13.2 Å². The van der Waals surface area contributed by atoms with Gasteiger partial charge in [0.15, 0.2) is 0 Å². The van der Waals surface area contributed by atoms with Crippen LogP contribution < -0.4 is 21.3 Å². The minimum atomic E-state index is -1.19. The molecule has 10 heteroatoms. The Labute approximate surface area is 121 Å². The molecule has 10 nitrogen and oxygen atoms in total. The first-order chi connectivity index (χ1) is 9.86. The van der Waals surface area contributed by atoms with E-state index in [1.54, 1.807) is 0 Å². The van der Waals surface area contributed by atoms with Crippen LogP contribution in [0.4, 0.5) is 4.79 Å². The summed E-state index contributed by atoms with van der Waals surface area (Å²) in [6, 6.07) is -1.50. The van der Waals surface area contributed by atoms with Gasteiger partial charge in [0, 0.05) is 13.7 Å². The summed E-state index contributed by atoms with van der Waals surface area (Å²) < 4.78 is 4.76. The molecule has 0 heterocycles. The maximum absolute atomic E-state index is 11.5. The number of rotatable bonds is 9. The number of hydrogen-bond acceptors (Lipinski definition) is 5. The molecule has 0 aromatic rings. The summed E-state index contributed by atoms with van der Waals surface area (Å²) in [6.45, 7) is 1.23. The lowest BCUT2D eigenvalue weighted by molar-refractivity contribution is -0.137. The number of carboxylic acid groups (broad SMARTS) is 1. The van der Waals surface area contributed by atoms with Crippen molar-refractivity contribution in [2.45, 2.75) is 13.0 Å². The Morgan fingerprint density at radius 3 is 2.33 bits per heavy atom. The lowest BCUT2D eigenvalue weighted by atomic mass is 10.3. The largest absolute Gasteiger partial charge is 0.480 e. The molecule has 1 unspecified atom stereocenters. The quantitative estimate of drug-likeness (QED) is 0.301. The van der Waals surface area contributed by atoms with Crippen LogP contribution in [0.3, 0.4) is 0 Å². The van der Waals surface area contributed by atoms with Crippen LogP contribution >= 0.6 is 0 Å². The first-order valence-electron chi connectivity index (χ1n) is 6.16. The number of nitrogens with one attached hydrogen (secondary N) is 4. The third-order valence-electron chi connectivity index (χ3n) is 2.19. The first kappa shape index (κ1) is 18.6. The lowest BCUT2D eigenvalue weighted by Crippen LogP contribution is -2.50. The number of aliphatic carboxylic acids is 1. The van der Waals surface area contributed by atoms with E-state index in [9.17, 15) is 19.2 Å². The minimum absolute atomic E-state index is 0.320. The molecule has 0 radical (unpaired) electrons. The Morgan fingerprint density at radius 1 is 1.10 bits per heavy atom. The number of carbonyl (C=O) groups excluding carboxylic acids is 3. The summed E-state index contributed by atoms with van der Waals surface area (Å²) in [5, 5.41) is 17.5. The Morgan fingerprint density at radius 2 is 1.76 bits per heavy atom. The molecular formula is C11H20N4O6. The predicted octanol–water partition coefficient (Wildman–Crippen LogP) is -2.36. The van der Waals surface area contributed by atoms with Crippen LogP contribution in [0.5, 0.6) is 0 Å². The van der Waals surface area contributed by atoms with Crippen molar-refractivity contribution in [2.24, 2.45) is 0 Å². The van der Waals surface area contributed by atoms with Crippen molar-refractivity contribution < 1.29 is 29.0 Å². The smallest absolute Gasteiger partial charge is 0.322 e. The molecule has 0 spiro atoms. The van der Waals surface area contributed by atoms with Crippen molar-refractivity contribution >= 4 is 23.8 Å². The second-order valence-corrected chi connectivity index (χ2v) is 4.00. The summed E-state index contributed by atoms with van der Waals surface area (Å²) in [6.07, 6.45) is 0. The van der Waals surface area contributed by atoms with E-state index in [1.807, 2.05) is 0 Å². The molecule has 21 heavy (non-hydrogen) atoms. The highest BCUT2D eigenvalue weighted by molar-refractivity contribution is 5.89. The molecule has 0 rings (SSSR count). The standard InChI is InChI=1S/C11H20N4O6/c1-7(10(19)12-3-4-21-2)15-11(20)14-5-8(16)13-6-9(17)18/h7H,3-6H2,1-2H3,(H,12,19)(H,13,16)(H,17,18)(H2,14,15,20). The summed E-state index contributed by atoms with van der Waals surface area (Å²) in [5.74, 6) is -2.23. The molecule has 0 aromatic heterocycles. The second-order valence-electron chi connectivity index (χ2n) is 4.00. The van der Waals surface area contributed by atoms with Gasteiger partial charge >= 0.3 is 12.0 Å². The van der Waals surface area contributed by atoms with Gasteiger partial charge in [-0.1, -0.05) is 0 Å². The third-order valence-corrected chi connectivity index (χ3v) is 2.19. The number of urea groups is 1. The Kier molecular flexibility index (Phi) is 9.26. The van der Waals surface area contributed by atoms with E-state index in [-0.39, 0.29) is 0 Å². The van der Waals surface area contributed by atoms with Gasteiger partial charge in [-0.3, -0.25) is 14.4 Å². The number of carboxylic acids is 1. The third kappa shape index (κ3) is 10.1. The van der Waals surface area contributed by atoms with E-state index in [4.69, 9.17) is 9.84 Å². The summed E-state index contributed by atoms with van der Waals surface area (Å²) in [5.41, 5.74) is 0. The molecule has 0 aliphatic rings. The second kappa shape index (κ2) is 10.4. The van der Waals surface area contributed by atoms with Crippen LogP contribution in [0.25, 0.3) is 0 Å². The minimum Gasteiger partial charge on any atom is -0.480 e. The lowest BCUT2D eigenvalue weighted by Gasteiger charge is -2.14. The summed E-state index contributed by atoms with van der Waals surface area (Å²) in [4.78, 5) is 44.3. The number of carbonyl (C=O) groups is 4. The Hall–Kier alpha value is -2.36. The number of hydrogen-bond donors (Lipinski definition) is 5. The summed E-state index contributed by atoms with van der Waals surface area (Å²) in [7, 11) is 1.50. The molecule has 4 amide bonds. The van der Waals surface area contributed by atoms with Crippen LogP contribution in [-0.2, 0) is 19.1 Å². The number of amides is 4. The topological polar surface area (TPSA) is 146 Å². The van der Waals surface area contributed by atoms with Gasteiger partial charge < -0.3 is 31.1 Å². The van der Waals surface area contributed by atoms with E-state index >= 15 is 0 Å². The molecule has 0 aliphatic carbocycles.